The van der Waals surface area contributed by atoms with Crippen LogP contribution in [0.15, 0.2) is 78.9 Å². The van der Waals surface area contributed by atoms with Crippen LogP contribution in [-0.2, 0) is 11.1 Å². The first-order valence-corrected chi connectivity index (χ1v) is 13.5. The third kappa shape index (κ3) is 5.88. The number of rotatable bonds is 9. The second kappa shape index (κ2) is 11.6. The minimum Gasteiger partial charge on any atom is -0.423 e. The van der Waals surface area contributed by atoms with Gasteiger partial charge in [0, 0.05) is 24.2 Å². The van der Waals surface area contributed by atoms with Crippen LogP contribution >= 0.6 is 0 Å². The van der Waals surface area contributed by atoms with Crippen molar-refractivity contribution in [3.8, 4) is 5.75 Å². The molecule has 1 heterocycles. The zero-order chi connectivity index (χ0) is 27.3. The zero-order valence-corrected chi connectivity index (χ0v) is 22.5. The molecule has 200 valence electrons. The van der Waals surface area contributed by atoms with Gasteiger partial charge in [-0.2, -0.15) is 0 Å². The number of likely N-dealkylation sites (tertiary alicyclic amines) is 1. The summed E-state index contributed by atoms with van der Waals surface area (Å²) in [6.07, 6.45) is 2.68. The van der Waals surface area contributed by atoms with Crippen LogP contribution in [0.5, 0.6) is 5.75 Å². The van der Waals surface area contributed by atoms with E-state index in [0.29, 0.717) is 42.8 Å². The number of nitrogens with zero attached hydrogens (tertiary/aromatic N) is 1. The molecule has 0 spiro atoms. The molecule has 4 rings (SSSR count). The van der Waals surface area contributed by atoms with E-state index < -0.39 is 17.1 Å². The highest BCUT2D eigenvalue weighted by atomic mass is 16.5. The molecule has 1 aliphatic rings. The third-order valence-corrected chi connectivity index (χ3v) is 8.15. The SMILES string of the molecule is CCC(N)(CC)c1cccc(C(=O)Oc2ccc(C(=O)C(C)N3CCC(O)(c4ccccc4)CC3)cc2)c1. The minimum absolute atomic E-state index is 0.000791. The van der Waals surface area contributed by atoms with E-state index in [1.807, 2.05) is 63.2 Å². The van der Waals surface area contributed by atoms with Gasteiger partial charge in [0.1, 0.15) is 5.75 Å². The molecule has 3 N–H and O–H groups in total. The third-order valence-electron chi connectivity index (χ3n) is 8.15. The Bertz CT molecular complexity index is 1240. The lowest BCUT2D eigenvalue weighted by Gasteiger charge is -2.40. The van der Waals surface area contributed by atoms with Crippen molar-refractivity contribution in [2.24, 2.45) is 5.73 Å². The fraction of sp³-hybridized carbons (Fsp3) is 0.375. The Morgan fingerprint density at radius 3 is 2.18 bits per heavy atom. The molecule has 0 amide bonds. The molecule has 38 heavy (non-hydrogen) atoms. The lowest BCUT2D eigenvalue weighted by Crippen LogP contribution is -2.48. The van der Waals surface area contributed by atoms with E-state index in [2.05, 4.69) is 4.90 Å². The molecular weight excluding hydrogens is 476 g/mol. The van der Waals surface area contributed by atoms with E-state index >= 15 is 0 Å². The van der Waals surface area contributed by atoms with Gasteiger partial charge in [-0.1, -0.05) is 56.3 Å². The number of aliphatic hydroxyl groups is 1. The maximum atomic E-state index is 13.2. The van der Waals surface area contributed by atoms with Gasteiger partial charge in [-0.15, -0.1) is 0 Å². The first-order chi connectivity index (χ1) is 18.2. The van der Waals surface area contributed by atoms with Crippen LogP contribution in [0.1, 0.15) is 78.3 Å². The summed E-state index contributed by atoms with van der Waals surface area (Å²) in [5.74, 6) is -0.0901. The fourth-order valence-electron chi connectivity index (χ4n) is 5.19. The van der Waals surface area contributed by atoms with Gasteiger partial charge >= 0.3 is 5.97 Å². The molecular formula is C32H38N2O4. The summed E-state index contributed by atoms with van der Waals surface area (Å²) in [6.45, 7) is 7.24. The quantitative estimate of drug-likeness (QED) is 0.225. The van der Waals surface area contributed by atoms with Crippen LogP contribution in [0.2, 0.25) is 0 Å². The second-order valence-corrected chi connectivity index (χ2v) is 10.3. The molecule has 0 bridgehead atoms. The van der Waals surface area contributed by atoms with Gasteiger partial charge in [0.15, 0.2) is 5.78 Å². The van der Waals surface area contributed by atoms with Crippen LogP contribution in [0.3, 0.4) is 0 Å². The van der Waals surface area contributed by atoms with Crippen molar-refractivity contribution < 1.29 is 19.4 Å². The van der Waals surface area contributed by atoms with Crippen LogP contribution in [0.4, 0.5) is 0 Å². The van der Waals surface area contributed by atoms with Crippen molar-refractivity contribution in [3.05, 3.63) is 101 Å². The molecule has 1 saturated heterocycles. The molecule has 1 unspecified atom stereocenters. The summed E-state index contributed by atoms with van der Waals surface area (Å²) in [7, 11) is 0. The Labute approximate surface area is 225 Å². The maximum Gasteiger partial charge on any atom is 0.343 e. The summed E-state index contributed by atoms with van der Waals surface area (Å²) >= 11 is 0. The zero-order valence-electron chi connectivity index (χ0n) is 22.5. The van der Waals surface area contributed by atoms with Crippen molar-refractivity contribution in [3.63, 3.8) is 0 Å². The Morgan fingerprint density at radius 2 is 1.58 bits per heavy atom. The van der Waals surface area contributed by atoms with E-state index in [1.165, 1.54) is 0 Å². The first-order valence-electron chi connectivity index (χ1n) is 13.5. The van der Waals surface area contributed by atoms with E-state index in [1.54, 1.807) is 36.4 Å². The molecule has 1 atom stereocenters. The molecule has 6 nitrogen and oxygen atoms in total. The topological polar surface area (TPSA) is 92.9 Å². The van der Waals surface area contributed by atoms with Crippen molar-refractivity contribution in [2.75, 3.05) is 13.1 Å². The molecule has 1 aliphatic heterocycles. The number of carbonyl (C=O) groups excluding carboxylic acids is 2. The fourth-order valence-corrected chi connectivity index (χ4v) is 5.19. The summed E-state index contributed by atoms with van der Waals surface area (Å²) < 4.78 is 5.58. The van der Waals surface area contributed by atoms with Crippen molar-refractivity contribution in [1.82, 2.24) is 4.90 Å². The molecule has 0 saturated carbocycles. The number of hydrogen-bond donors (Lipinski definition) is 2. The van der Waals surface area contributed by atoms with E-state index in [0.717, 1.165) is 24.0 Å². The van der Waals surface area contributed by atoms with Gasteiger partial charge < -0.3 is 15.6 Å². The summed E-state index contributed by atoms with van der Waals surface area (Å²) in [6, 6.07) is 23.4. The highest BCUT2D eigenvalue weighted by molar-refractivity contribution is 6.00. The Morgan fingerprint density at radius 1 is 0.947 bits per heavy atom. The highest BCUT2D eigenvalue weighted by Crippen LogP contribution is 2.33. The molecule has 6 heteroatoms. The van der Waals surface area contributed by atoms with Crippen LogP contribution in [0.25, 0.3) is 0 Å². The van der Waals surface area contributed by atoms with E-state index in [9.17, 15) is 14.7 Å². The summed E-state index contributed by atoms with van der Waals surface area (Å²) in [5.41, 5.74) is 7.99. The van der Waals surface area contributed by atoms with Crippen LogP contribution < -0.4 is 10.5 Å². The lowest BCUT2D eigenvalue weighted by atomic mass is 9.84. The number of Topliss-reactive ketones (excluding diaryl/α,β-unsaturated/α-hetero) is 1. The number of ether oxygens (including phenoxy) is 1. The monoisotopic (exact) mass is 514 g/mol. The number of piperidine rings is 1. The van der Waals surface area contributed by atoms with Crippen molar-refractivity contribution >= 4 is 11.8 Å². The average molecular weight is 515 g/mol. The number of esters is 1. The highest BCUT2D eigenvalue weighted by Gasteiger charge is 2.36. The predicted molar refractivity (Wildman–Crippen MR) is 149 cm³/mol. The van der Waals surface area contributed by atoms with Gasteiger partial charge in [-0.05, 0) is 80.1 Å². The molecule has 3 aromatic rings. The first kappa shape index (κ1) is 27.7. The summed E-state index contributed by atoms with van der Waals surface area (Å²) in [4.78, 5) is 28.1. The number of carbonyl (C=O) groups is 2. The Hall–Kier alpha value is -3.32. The Balaban J connectivity index is 1.37. The van der Waals surface area contributed by atoms with Crippen LogP contribution in [-0.4, -0.2) is 40.9 Å². The minimum atomic E-state index is -0.857. The second-order valence-electron chi connectivity index (χ2n) is 10.3. The molecule has 0 aliphatic carbocycles. The maximum absolute atomic E-state index is 13.2. The largest absolute Gasteiger partial charge is 0.423 e. The van der Waals surface area contributed by atoms with Gasteiger partial charge in [-0.3, -0.25) is 9.69 Å². The number of ketones is 1. The van der Waals surface area contributed by atoms with Crippen molar-refractivity contribution in [2.45, 2.75) is 63.6 Å². The van der Waals surface area contributed by atoms with Gasteiger partial charge in [0.25, 0.3) is 0 Å². The predicted octanol–water partition coefficient (Wildman–Crippen LogP) is 5.43. The average Bonchev–Trinajstić information content (AvgIpc) is 2.97. The molecule has 0 radical (unpaired) electrons. The number of benzene rings is 3. The van der Waals surface area contributed by atoms with E-state index in [-0.39, 0.29) is 11.8 Å². The number of nitrogens with two attached hydrogens (primary N) is 1. The number of hydrogen-bond acceptors (Lipinski definition) is 6. The molecule has 1 fully saturated rings. The van der Waals surface area contributed by atoms with Gasteiger partial charge in [0.2, 0.25) is 0 Å². The Kier molecular flexibility index (Phi) is 8.46. The summed E-state index contributed by atoms with van der Waals surface area (Å²) in [5, 5.41) is 11.1. The molecule has 3 aromatic carbocycles. The van der Waals surface area contributed by atoms with Crippen molar-refractivity contribution in [1.29, 1.82) is 0 Å². The molecule has 0 aromatic heterocycles. The normalized spacial score (nSPS) is 16.6. The lowest BCUT2D eigenvalue weighted by molar-refractivity contribution is -0.0318. The van der Waals surface area contributed by atoms with Gasteiger partial charge in [0.05, 0.1) is 17.2 Å². The smallest absolute Gasteiger partial charge is 0.343 e. The van der Waals surface area contributed by atoms with Gasteiger partial charge in [-0.25, -0.2) is 4.79 Å². The standard InChI is InChI=1S/C32H38N2O4/c1-4-31(33,5-2)27-13-9-10-25(22-27)30(36)38-28-16-14-24(15-17-28)29(35)23(3)34-20-18-32(37,19-21-34)26-11-7-6-8-12-26/h6-17,22-23,37H,4-5,18-21,33H2,1-3H3. The van der Waals surface area contributed by atoms with E-state index in [4.69, 9.17) is 10.5 Å². The van der Waals surface area contributed by atoms with Crippen LogP contribution in [0, 0.1) is 0 Å².